The van der Waals surface area contributed by atoms with E-state index in [0.717, 1.165) is 16.7 Å². The molecule has 0 saturated carbocycles. The molecule has 0 spiro atoms. The van der Waals surface area contributed by atoms with Crippen LogP contribution in [0.25, 0.3) is 33.4 Å². The van der Waals surface area contributed by atoms with Gasteiger partial charge in [0.1, 0.15) is 0 Å². The molecule has 3 heteroatoms. The Hall–Kier alpha value is -3.26. The summed E-state index contributed by atoms with van der Waals surface area (Å²) in [7, 11) is 0. The van der Waals surface area contributed by atoms with Crippen molar-refractivity contribution in [2.45, 2.75) is 82.1 Å². The van der Waals surface area contributed by atoms with Gasteiger partial charge in [0.15, 0.2) is 5.78 Å². The number of ketones is 1. The van der Waals surface area contributed by atoms with Crippen molar-refractivity contribution in [1.82, 2.24) is 0 Å². The number of carbonyl (C=O) groups excluding carboxylic acids is 1. The van der Waals surface area contributed by atoms with Gasteiger partial charge in [-0.25, -0.2) is 11.1 Å². The van der Waals surface area contributed by atoms with Crippen LogP contribution in [0.4, 0.5) is 0 Å². The summed E-state index contributed by atoms with van der Waals surface area (Å²) in [4.78, 5) is 11.2. The Morgan fingerprint density at radius 1 is 0.773 bits per heavy atom. The van der Waals surface area contributed by atoms with E-state index in [2.05, 4.69) is 114 Å². The van der Waals surface area contributed by atoms with Crippen LogP contribution < -0.4 is 0 Å². The number of hydrogen-bond donors (Lipinski definition) is 1. The number of rotatable bonds is 8. The van der Waals surface area contributed by atoms with Gasteiger partial charge in [-0.1, -0.05) is 117 Å². The van der Waals surface area contributed by atoms with Crippen LogP contribution in [0.5, 0.6) is 0 Å². The van der Waals surface area contributed by atoms with E-state index in [1.165, 1.54) is 56.1 Å². The molecule has 0 bridgehead atoms. The molecule has 235 valence electrons. The smallest absolute Gasteiger partial charge is 0.159 e. The summed E-state index contributed by atoms with van der Waals surface area (Å²) < 4.78 is 0. The minimum atomic E-state index is 0. The Kier molecular flexibility index (Phi) is 14.0. The standard InChI is InChI=1S/C30H28.C11H20O2.Ir/c1-19-12-20(2)15-26(14-19)28-11-10-25(30-23(5)8-7-9-24(30)6)18-29(28)27-16-21(3)13-22(4)17-27;1-8(2)5-10(12)7-11(13)6-9(3)4;/h7-10,12-14,16-18H,1-6H3;7-9,12H,5-6H2,1-4H3;/q-2;;/b;10-7-;. The van der Waals surface area contributed by atoms with E-state index in [1.807, 2.05) is 27.7 Å². The van der Waals surface area contributed by atoms with Crippen molar-refractivity contribution in [1.29, 1.82) is 0 Å². The van der Waals surface area contributed by atoms with E-state index >= 15 is 0 Å². The quantitative estimate of drug-likeness (QED) is 0.110. The van der Waals surface area contributed by atoms with E-state index in [-0.39, 0.29) is 31.6 Å². The van der Waals surface area contributed by atoms with Crippen molar-refractivity contribution in [2.75, 3.05) is 0 Å². The zero-order valence-corrected chi connectivity index (χ0v) is 30.5. The van der Waals surface area contributed by atoms with Crippen molar-refractivity contribution >= 4 is 5.78 Å². The third-order valence-corrected chi connectivity index (χ3v) is 7.22. The van der Waals surface area contributed by atoms with Gasteiger partial charge in [-0.05, 0) is 39.5 Å². The molecule has 1 radical (unpaired) electrons. The number of carbonyl (C=O) groups is 1. The normalized spacial score (nSPS) is 11.2. The number of allylic oxidation sites excluding steroid dienone is 2. The number of aliphatic hydroxyl groups is 1. The van der Waals surface area contributed by atoms with Gasteiger partial charge in [0.2, 0.25) is 0 Å². The molecule has 4 aromatic rings. The Morgan fingerprint density at radius 2 is 1.34 bits per heavy atom. The molecule has 0 aromatic heterocycles. The summed E-state index contributed by atoms with van der Waals surface area (Å²) in [6.45, 7) is 21.0. The topological polar surface area (TPSA) is 37.3 Å². The van der Waals surface area contributed by atoms with Gasteiger partial charge < -0.3 is 5.11 Å². The molecule has 0 atom stereocenters. The maximum absolute atomic E-state index is 11.2. The number of aryl methyl sites for hydroxylation is 6. The molecule has 4 rings (SSSR count). The minimum absolute atomic E-state index is 0. The third kappa shape index (κ3) is 10.7. The average Bonchev–Trinajstić information content (AvgIpc) is 2.86. The fourth-order valence-electron chi connectivity index (χ4n) is 5.65. The van der Waals surface area contributed by atoms with Crippen molar-refractivity contribution in [2.24, 2.45) is 11.8 Å². The number of benzene rings is 4. The van der Waals surface area contributed by atoms with E-state index in [1.54, 1.807) is 0 Å². The zero-order chi connectivity index (χ0) is 31.8. The molecule has 0 fully saturated rings. The second-order valence-corrected chi connectivity index (χ2v) is 12.9. The van der Waals surface area contributed by atoms with Gasteiger partial charge in [0, 0.05) is 39.0 Å². The van der Waals surface area contributed by atoms with Crippen molar-refractivity contribution in [3.63, 3.8) is 0 Å². The van der Waals surface area contributed by atoms with Gasteiger partial charge >= 0.3 is 0 Å². The molecule has 0 saturated heterocycles. The van der Waals surface area contributed by atoms with Crippen LogP contribution in [0.15, 0.2) is 72.5 Å². The zero-order valence-electron chi connectivity index (χ0n) is 28.1. The van der Waals surface area contributed by atoms with E-state index in [4.69, 9.17) is 0 Å². The van der Waals surface area contributed by atoms with Crippen LogP contribution in [0.3, 0.4) is 0 Å². The summed E-state index contributed by atoms with van der Waals surface area (Å²) in [6.07, 6.45) is 2.46. The van der Waals surface area contributed by atoms with Crippen LogP contribution in [-0.4, -0.2) is 10.9 Å². The predicted octanol–water partition coefficient (Wildman–Crippen LogP) is 11.2. The maximum atomic E-state index is 11.2. The molecule has 2 nitrogen and oxygen atoms in total. The Morgan fingerprint density at radius 3 is 1.89 bits per heavy atom. The second kappa shape index (κ2) is 16.7. The predicted molar refractivity (Wildman–Crippen MR) is 183 cm³/mol. The molecule has 0 aliphatic carbocycles. The molecule has 0 aliphatic rings. The van der Waals surface area contributed by atoms with Gasteiger partial charge in [0.25, 0.3) is 0 Å². The monoisotopic (exact) mass is 765 g/mol. The summed E-state index contributed by atoms with van der Waals surface area (Å²) >= 11 is 0. The first-order valence-corrected chi connectivity index (χ1v) is 15.4. The first-order chi connectivity index (χ1) is 20.2. The number of aliphatic hydroxyl groups excluding tert-OH is 1. The Balaban J connectivity index is 0.000000412. The SMILES string of the molecule is CC(C)CC(=O)/C=C(\O)CC(C)C.Cc1[c-]c(-c2[c-]cc(-c3c(C)cccc3C)cc2-c2cc(C)cc(C)c2)cc(C)c1.[Ir]. The molecule has 1 N–H and O–H groups in total. The Bertz CT molecular complexity index is 1550. The maximum Gasteiger partial charge on any atom is 0.159 e. The minimum Gasteiger partial charge on any atom is -0.512 e. The van der Waals surface area contributed by atoms with Gasteiger partial charge in [-0.3, -0.25) is 4.79 Å². The van der Waals surface area contributed by atoms with E-state index in [9.17, 15) is 9.90 Å². The van der Waals surface area contributed by atoms with Gasteiger partial charge in [-0.15, -0.1) is 34.9 Å². The van der Waals surface area contributed by atoms with Crippen molar-refractivity contribution in [3.05, 3.63) is 118 Å². The van der Waals surface area contributed by atoms with E-state index < -0.39 is 0 Å². The summed E-state index contributed by atoms with van der Waals surface area (Å²) in [5, 5.41) is 9.34. The fraction of sp³-hybridized carbons (Fsp3) is 0.341. The first-order valence-electron chi connectivity index (χ1n) is 15.4. The van der Waals surface area contributed by atoms with Crippen molar-refractivity contribution < 1.29 is 30.0 Å². The van der Waals surface area contributed by atoms with E-state index in [0.29, 0.717) is 24.7 Å². The third-order valence-electron chi connectivity index (χ3n) is 7.22. The molecule has 0 heterocycles. The van der Waals surface area contributed by atoms with Crippen LogP contribution in [-0.2, 0) is 24.9 Å². The van der Waals surface area contributed by atoms with Crippen LogP contribution in [0.2, 0.25) is 0 Å². The Labute approximate surface area is 280 Å². The summed E-state index contributed by atoms with van der Waals surface area (Å²) in [6, 6.07) is 29.3. The molecule has 4 aromatic carbocycles. The molecular weight excluding hydrogens is 717 g/mol. The van der Waals surface area contributed by atoms with Crippen LogP contribution in [0.1, 0.15) is 73.9 Å². The molecular formula is C41H48IrO2-2. The fourth-order valence-corrected chi connectivity index (χ4v) is 5.65. The largest absolute Gasteiger partial charge is 0.512 e. The molecule has 0 unspecified atom stereocenters. The van der Waals surface area contributed by atoms with Gasteiger partial charge in [-0.2, -0.15) is 18.2 Å². The van der Waals surface area contributed by atoms with Gasteiger partial charge in [0.05, 0.1) is 5.76 Å². The molecule has 0 aliphatic heterocycles. The summed E-state index contributed by atoms with van der Waals surface area (Å²) in [5.41, 5.74) is 14.7. The summed E-state index contributed by atoms with van der Waals surface area (Å²) in [5.74, 6) is 0.979. The molecule has 44 heavy (non-hydrogen) atoms. The van der Waals surface area contributed by atoms with Crippen molar-refractivity contribution in [3.8, 4) is 33.4 Å². The van der Waals surface area contributed by atoms with Crippen LogP contribution in [0, 0.1) is 65.5 Å². The number of hydrogen-bond acceptors (Lipinski definition) is 2. The molecule has 0 amide bonds. The first kappa shape index (κ1) is 36.9. The van der Waals surface area contributed by atoms with Crippen LogP contribution >= 0.6 is 0 Å². The second-order valence-electron chi connectivity index (χ2n) is 12.9. The average molecular weight is 765 g/mol.